The van der Waals surface area contributed by atoms with Gasteiger partial charge in [0.15, 0.2) is 6.29 Å². The number of hydrogen-bond donors (Lipinski definition) is 6. The molecular weight excluding hydrogens is 1120 g/mol. The van der Waals surface area contributed by atoms with Crippen molar-refractivity contribution in [2.24, 2.45) is 0 Å². The van der Waals surface area contributed by atoms with Gasteiger partial charge >= 0.3 is 5.97 Å². The van der Waals surface area contributed by atoms with E-state index in [9.17, 15) is 35.1 Å². The summed E-state index contributed by atoms with van der Waals surface area (Å²) < 4.78 is 16.8. The predicted octanol–water partition coefficient (Wildman–Crippen LogP) is 21.4. The molecule has 0 saturated carbocycles. The molecule has 1 amide bonds. The highest BCUT2D eigenvalue weighted by Gasteiger charge is 2.44. The largest absolute Gasteiger partial charge is 0.466 e. The minimum Gasteiger partial charge on any atom is -0.466 e. The standard InChI is InChI=1S/C79H153NO10/c1-3-5-7-9-11-13-15-16-42-46-49-53-57-61-65-72(82)71(70-89-79-78(87)77(86)76(85)73(69-81)90-79)80-74(83)66-62-58-54-50-47-43-40-38-36-34-32-30-28-26-24-22-20-18-17-19-21-23-25-27-29-31-33-35-37-39-41-44-48-52-56-60-64-68-88-75(84)67-63-59-55-51-45-14-12-10-8-6-4-2/h61,65,71-73,76-79,81-82,85-87H,3-60,62-64,66-70H2,1-2H3,(H,80,83)/b65-61+. The summed E-state index contributed by atoms with van der Waals surface area (Å²) in [5.74, 6) is -0.154. The van der Waals surface area contributed by atoms with E-state index in [2.05, 4.69) is 19.2 Å². The number of ether oxygens (including phenoxy) is 3. The molecule has 11 heteroatoms. The van der Waals surface area contributed by atoms with Gasteiger partial charge in [0.2, 0.25) is 5.91 Å². The molecular formula is C79H153NO10. The highest BCUT2D eigenvalue weighted by Crippen LogP contribution is 2.24. The number of esters is 1. The van der Waals surface area contributed by atoms with Crippen molar-refractivity contribution < 1.29 is 49.3 Å². The highest BCUT2D eigenvalue weighted by molar-refractivity contribution is 5.76. The zero-order valence-corrected chi connectivity index (χ0v) is 59.6. The van der Waals surface area contributed by atoms with E-state index < -0.39 is 49.5 Å². The predicted molar refractivity (Wildman–Crippen MR) is 380 cm³/mol. The van der Waals surface area contributed by atoms with Gasteiger partial charge in [-0.3, -0.25) is 9.59 Å². The minimum atomic E-state index is -1.57. The number of amides is 1. The number of unbranched alkanes of at least 4 members (excludes halogenated alkanes) is 58. The van der Waals surface area contributed by atoms with Gasteiger partial charge in [0.25, 0.3) is 0 Å². The molecule has 1 aliphatic rings. The van der Waals surface area contributed by atoms with Crippen LogP contribution in [0.3, 0.4) is 0 Å². The Balaban J connectivity index is 1.90. The lowest BCUT2D eigenvalue weighted by molar-refractivity contribution is -0.302. The molecule has 1 fully saturated rings. The van der Waals surface area contributed by atoms with Crippen molar-refractivity contribution in [3.63, 3.8) is 0 Å². The van der Waals surface area contributed by atoms with E-state index in [1.165, 1.54) is 340 Å². The quantitative estimate of drug-likeness (QED) is 0.0195. The Morgan fingerprint density at radius 2 is 0.700 bits per heavy atom. The molecule has 6 N–H and O–H groups in total. The first-order valence-electron chi connectivity index (χ1n) is 40.0. The second-order valence-electron chi connectivity index (χ2n) is 28.1. The van der Waals surface area contributed by atoms with Crippen molar-refractivity contribution in [2.45, 2.75) is 461 Å². The summed E-state index contributed by atoms with van der Waals surface area (Å²) in [6, 6.07) is -0.805. The first kappa shape index (κ1) is 86.4. The van der Waals surface area contributed by atoms with E-state index in [1.54, 1.807) is 6.08 Å². The van der Waals surface area contributed by atoms with Crippen LogP contribution in [0.2, 0.25) is 0 Å². The third-order valence-corrected chi connectivity index (χ3v) is 19.4. The molecule has 1 saturated heterocycles. The number of nitrogens with one attached hydrogen (secondary N) is 1. The molecule has 0 aromatic carbocycles. The topological polar surface area (TPSA) is 175 Å². The zero-order chi connectivity index (χ0) is 65.1. The molecule has 0 radical (unpaired) electrons. The van der Waals surface area contributed by atoms with Crippen LogP contribution in [-0.2, 0) is 23.8 Å². The van der Waals surface area contributed by atoms with Crippen molar-refractivity contribution in [1.82, 2.24) is 5.32 Å². The molecule has 0 aromatic rings. The number of allylic oxidation sites excluding steroid dienone is 1. The van der Waals surface area contributed by atoms with Gasteiger partial charge in [-0.15, -0.1) is 0 Å². The lowest BCUT2D eigenvalue weighted by Crippen LogP contribution is -2.60. The Labute approximate surface area is 557 Å². The number of carbonyl (C=O) groups excluding carboxylic acids is 2. The van der Waals surface area contributed by atoms with Crippen molar-refractivity contribution in [1.29, 1.82) is 0 Å². The molecule has 11 nitrogen and oxygen atoms in total. The second-order valence-corrected chi connectivity index (χ2v) is 28.1. The molecule has 7 atom stereocenters. The molecule has 0 spiro atoms. The summed E-state index contributed by atoms with van der Waals surface area (Å²) in [5.41, 5.74) is 0. The number of hydrogen-bond acceptors (Lipinski definition) is 10. The van der Waals surface area contributed by atoms with Gasteiger partial charge in [0.05, 0.1) is 32.0 Å². The first-order chi connectivity index (χ1) is 44.2. The summed E-state index contributed by atoms with van der Waals surface area (Å²) >= 11 is 0. The molecule has 90 heavy (non-hydrogen) atoms. The summed E-state index contributed by atoms with van der Waals surface area (Å²) in [4.78, 5) is 25.1. The van der Waals surface area contributed by atoms with Gasteiger partial charge < -0.3 is 45.1 Å². The van der Waals surface area contributed by atoms with E-state index in [0.29, 0.717) is 19.4 Å². The van der Waals surface area contributed by atoms with Crippen LogP contribution in [-0.4, -0.2) is 100 Å². The Bertz CT molecular complexity index is 1500. The number of carbonyl (C=O) groups is 2. The average Bonchev–Trinajstić information content (AvgIpc) is 1.17. The highest BCUT2D eigenvalue weighted by atomic mass is 16.7. The lowest BCUT2D eigenvalue weighted by Gasteiger charge is -2.40. The van der Waals surface area contributed by atoms with Crippen LogP contribution in [0.25, 0.3) is 0 Å². The van der Waals surface area contributed by atoms with E-state index in [0.717, 1.165) is 51.4 Å². The molecule has 1 heterocycles. The molecule has 0 aliphatic carbocycles. The van der Waals surface area contributed by atoms with Gasteiger partial charge in [-0.2, -0.15) is 0 Å². The van der Waals surface area contributed by atoms with Crippen LogP contribution in [0, 0.1) is 0 Å². The normalized spacial score (nSPS) is 17.6. The summed E-state index contributed by atoms with van der Waals surface area (Å²) in [6.07, 6.45) is 76.7. The van der Waals surface area contributed by atoms with Gasteiger partial charge in [0, 0.05) is 12.8 Å². The Morgan fingerprint density at radius 1 is 0.400 bits per heavy atom. The number of aliphatic hydroxyl groups is 5. The van der Waals surface area contributed by atoms with Crippen LogP contribution in [0.1, 0.15) is 418 Å². The summed E-state index contributed by atoms with van der Waals surface area (Å²) in [5, 5.41) is 54.6. The maximum absolute atomic E-state index is 13.1. The second kappa shape index (κ2) is 68.8. The molecule has 1 aliphatic heterocycles. The van der Waals surface area contributed by atoms with Crippen LogP contribution >= 0.6 is 0 Å². The minimum absolute atomic E-state index is 0.0179. The Kier molecular flexibility index (Phi) is 66.0. The fraction of sp³-hybridized carbons (Fsp3) is 0.949. The number of aliphatic hydroxyl groups excluding tert-OH is 5. The molecule has 0 aromatic heterocycles. The van der Waals surface area contributed by atoms with E-state index in [-0.39, 0.29) is 18.5 Å². The van der Waals surface area contributed by atoms with Crippen molar-refractivity contribution >= 4 is 11.9 Å². The van der Waals surface area contributed by atoms with Gasteiger partial charge in [-0.05, 0) is 32.1 Å². The fourth-order valence-electron chi connectivity index (χ4n) is 13.1. The average molecular weight is 1280 g/mol. The van der Waals surface area contributed by atoms with Crippen LogP contribution in [0.5, 0.6) is 0 Å². The zero-order valence-electron chi connectivity index (χ0n) is 59.6. The van der Waals surface area contributed by atoms with Gasteiger partial charge in [0.1, 0.15) is 24.4 Å². The number of rotatable bonds is 72. The fourth-order valence-corrected chi connectivity index (χ4v) is 13.1. The van der Waals surface area contributed by atoms with Gasteiger partial charge in [-0.25, -0.2) is 0 Å². The summed E-state index contributed by atoms with van der Waals surface area (Å²) in [6.45, 7) is 4.41. The Morgan fingerprint density at radius 3 is 1.03 bits per heavy atom. The van der Waals surface area contributed by atoms with Crippen molar-refractivity contribution in [3.8, 4) is 0 Å². The van der Waals surface area contributed by atoms with Crippen molar-refractivity contribution in [3.05, 3.63) is 12.2 Å². The molecule has 7 unspecified atom stereocenters. The maximum atomic E-state index is 13.1. The van der Waals surface area contributed by atoms with E-state index in [4.69, 9.17) is 14.2 Å². The van der Waals surface area contributed by atoms with Crippen molar-refractivity contribution in [2.75, 3.05) is 19.8 Å². The SMILES string of the molecule is CCCCCCCCCCCCCC/C=C/C(O)C(COC1OC(CO)C(O)C(O)C1O)NC(=O)CCCCCCCCCCCCCCCCCCCCCCCCCCCCCCCCCCCCCCCOC(=O)CCCCCCCCCCCCC. The third-order valence-electron chi connectivity index (χ3n) is 19.4. The van der Waals surface area contributed by atoms with Gasteiger partial charge in [-0.1, -0.05) is 386 Å². The maximum Gasteiger partial charge on any atom is 0.305 e. The lowest BCUT2D eigenvalue weighted by atomic mass is 9.99. The van der Waals surface area contributed by atoms with E-state index in [1.807, 2.05) is 6.08 Å². The third kappa shape index (κ3) is 56.7. The first-order valence-corrected chi connectivity index (χ1v) is 40.0. The van der Waals surface area contributed by atoms with Crippen LogP contribution in [0.15, 0.2) is 12.2 Å². The van der Waals surface area contributed by atoms with Crippen LogP contribution in [0.4, 0.5) is 0 Å². The molecule has 0 bridgehead atoms. The van der Waals surface area contributed by atoms with E-state index >= 15 is 0 Å². The smallest absolute Gasteiger partial charge is 0.305 e. The molecule has 1 rings (SSSR count). The Hall–Kier alpha value is -1.60. The monoisotopic (exact) mass is 1280 g/mol. The molecule has 534 valence electrons. The van der Waals surface area contributed by atoms with Crippen LogP contribution < -0.4 is 5.32 Å². The summed E-state index contributed by atoms with van der Waals surface area (Å²) in [7, 11) is 0.